The highest BCUT2D eigenvalue weighted by atomic mass is 16.6. The highest BCUT2D eigenvalue weighted by Gasteiger charge is 2.45. The Morgan fingerprint density at radius 3 is 2.57 bits per heavy atom. The number of amides is 2. The van der Waals surface area contributed by atoms with Gasteiger partial charge in [-0.3, -0.25) is 9.59 Å². The lowest BCUT2D eigenvalue weighted by atomic mass is 10.1. The summed E-state index contributed by atoms with van der Waals surface area (Å²) in [6.45, 7) is 6.77. The predicted molar refractivity (Wildman–Crippen MR) is 76.0 cm³/mol. The number of nitrogens with zero attached hydrogens (tertiary/aromatic N) is 1. The van der Waals surface area contributed by atoms with E-state index in [2.05, 4.69) is 5.32 Å². The van der Waals surface area contributed by atoms with E-state index in [1.54, 1.807) is 31.7 Å². The van der Waals surface area contributed by atoms with Gasteiger partial charge in [-0.05, 0) is 40.0 Å². The maximum Gasteiger partial charge on any atom is 0.329 e. The van der Waals surface area contributed by atoms with Crippen molar-refractivity contribution in [3.8, 4) is 0 Å². The molecule has 1 N–H and O–H groups in total. The maximum atomic E-state index is 12.5. The molecule has 0 bridgehead atoms. The number of carbonyl (C=O) groups excluding carboxylic acids is 3. The molecule has 116 valence electrons. The smallest absolute Gasteiger partial charge is 0.329 e. The van der Waals surface area contributed by atoms with Crippen LogP contribution in [-0.2, 0) is 19.1 Å². The topological polar surface area (TPSA) is 75.7 Å². The van der Waals surface area contributed by atoms with E-state index in [9.17, 15) is 14.4 Å². The van der Waals surface area contributed by atoms with Crippen molar-refractivity contribution >= 4 is 17.8 Å². The Hall–Kier alpha value is -1.85. The van der Waals surface area contributed by atoms with Crippen LogP contribution in [0.3, 0.4) is 0 Å². The second-order valence-electron chi connectivity index (χ2n) is 6.53. The zero-order valence-electron chi connectivity index (χ0n) is 12.9. The third-order valence-corrected chi connectivity index (χ3v) is 3.55. The van der Waals surface area contributed by atoms with Gasteiger partial charge in [-0.15, -0.1) is 0 Å². The van der Waals surface area contributed by atoms with Crippen LogP contribution in [0.5, 0.6) is 0 Å². The number of ether oxygens (including phenoxy) is 1. The number of nitrogens with one attached hydrogen (secondary N) is 1. The van der Waals surface area contributed by atoms with Crippen molar-refractivity contribution in [1.29, 1.82) is 0 Å². The molecule has 6 nitrogen and oxygen atoms in total. The number of carbonyl (C=O) groups is 3. The SMILES string of the molecule is CC(=O)NC1=CC[C@H]2CC[C@@H](C(=O)OC(C)(C)C)N2C1=O. The van der Waals surface area contributed by atoms with Crippen LogP contribution in [0.2, 0.25) is 0 Å². The molecule has 0 aromatic carbocycles. The molecule has 2 aliphatic heterocycles. The molecule has 21 heavy (non-hydrogen) atoms. The van der Waals surface area contributed by atoms with Gasteiger partial charge in [-0.2, -0.15) is 0 Å². The number of hydrogen-bond donors (Lipinski definition) is 1. The fourth-order valence-corrected chi connectivity index (χ4v) is 2.80. The minimum absolute atomic E-state index is 0.0209. The molecule has 1 saturated heterocycles. The lowest BCUT2D eigenvalue weighted by Gasteiger charge is -2.34. The zero-order chi connectivity index (χ0) is 15.8. The van der Waals surface area contributed by atoms with Crippen molar-refractivity contribution in [2.45, 2.75) is 64.6 Å². The lowest BCUT2D eigenvalue weighted by Crippen LogP contribution is -2.51. The van der Waals surface area contributed by atoms with Crippen LogP contribution in [0, 0.1) is 0 Å². The Morgan fingerprint density at radius 2 is 2.00 bits per heavy atom. The summed E-state index contributed by atoms with van der Waals surface area (Å²) in [7, 11) is 0. The van der Waals surface area contributed by atoms with Crippen LogP contribution in [0.15, 0.2) is 11.8 Å². The summed E-state index contributed by atoms with van der Waals surface area (Å²) in [6, 6.07) is -0.535. The van der Waals surface area contributed by atoms with E-state index in [-0.39, 0.29) is 29.5 Å². The molecule has 1 fully saturated rings. The van der Waals surface area contributed by atoms with Gasteiger partial charge in [0.15, 0.2) is 0 Å². The lowest BCUT2D eigenvalue weighted by molar-refractivity contribution is -0.163. The highest BCUT2D eigenvalue weighted by Crippen LogP contribution is 2.32. The highest BCUT2D eigenvalue weighted by molar-refractivity contribution is 6.00. The van der Waals surface area contributed by atoms with E-state index in [0.29, 0.717) is 12.8 Å². The summed E-state index contributed by atoms with van der Waals surface area (Å²) in [4.78, 5) is 37.4. The first-order valence-electron chi connectivity index (χ1n) is 7.22. The van der Waals surface area contributed by atoms with Gasteiger partial charge in [0.1, 0.15) is 17.3 Å². The van der Waals surface area contributed by atoms with Crippen molar-refractivity contribution in [3.63, 3.8) is 0 Å². The van der Waals surface area contributed by atoms with E-state index in [1.807, 2.05) is 0 Å². The molecule has 2 amide bonds. The minimum atomic E-state index is -0.579. The van der Waals surface area contributed by atoms with Crippen molar-refractivity contribution in [2.75, 3.05) is 0 Å². The predicted octanol–water partition coefficient (Wildman–Crippen LogP) is 1.11. The standard InChI is InChI=1S/C15H22N2O4/c1-9(18)16-11-7-5-10-6-8-12(17(10)13(11)19)14(20)21-15(2,3)4/h7,10,12H,5-6,8H2,1-4H3,(H,16,18)/t10-,12-/m0/s1. The fraction of sp³-hybridized carbons (Fsp3) is 0.667. The zero-order valence-corrected chi connectivity index (χ0v) is 12.9. The number of fused-ring (bicyclic) bond motifs is 1. The Bertz CT molecular complexity index is 504. The van der Waals surface area contributed by atoms with Crippen LogP contribution in [0.4, 0.5) is 0 Å². The molecule has 2 rings (SSSR count). The van der Waals surface area contributed by atoms with Gasteiger partial charge in [0.05, 0.1) is 0 Å². The van der Waals surface area contributed by atoms with E-state index in [1.165, 1.54) is 6.92 Å². The van der Waals surface area contributed by atoms with Gasteiger partial charge >= 0.3 is 5.97 Å². The Labute approximate surface area is 124 Å². The van der Waals surface area contributed by atoms with Crippen molar-refractivity contribution < 1.29 is 19.1 Å². The van der Waals surface area contributed by atoms with Gasteiger partial charge < -0.3 is 15.0 Å². The summed E-state index contributed by atoms with van der Waals surface area (Å²) in [5, 5.41) is 2.53. The average molecular weight is 294 g/mol. The second kappa shape index (κ2) is 5.50. The van der Waals surface area contributed by atoms with E-state index < -0.39 is 11.6 Å². The molecule has 0 aromatic heterocycles. The number of hydrogen-bond acceptors (Lipinski definition) is 4. The second-order valence-corrected chi connectivity index (χ2v) is 6.53. The molecule has 2 atom stereocenters. The van der Waals surface area contributed by atoms with Gasteiger partial charge in [0.25, 0.3) is 5.91 Å². The summed E-state index contributed by atoms with van der Waals surface area (Å²) in [5.74, 6) is -0.960. The van der Waals surface area contributed by atoms with Crippen LogP contribution >= 0.6 is 0 Å². The van der Waals surface area contributed by atoms with Gasteiger partial charge in [0, 0.05) is 13.0 Å². The minimum Gasteiger partial charge on any atom is -0.458 e. The molecular weight excluding hydrogens is 272 g/mol. The Morgan fingerprint density at radius 1 is 1.33 bits per heavy atom. The van der Waals surface area contributed by atoms with Crippen LogP contribution < -0.4 is 5.32 Å². The summed E-state index contributed by atoms with van der Waals surface area (Å²) in [6.07, 6.45) is 3.77. The molecule has 0 radical (unpaired) electrons. The largest absolute Gasteiger partial charge is 0.458 e. The third kappa shape index (κ3) is 3.43. The molecule has 0 aliphatic carbocycles. The van der Waals surface area contributed by atoms with E-state index in [0.717, 1.165) is 6.42 Å². The third-order valence-electron chi connectivity index (χ3n) is 3.55. The summed E-state index contributed by atoms with van der Waals surface area (Å²) >= 11 is 0. The van der Waals surface area contributed by atoms with Crippen molar-refractivity contribution in [3.05, 3.63) is 11.8 Å². The first kappa shape index (κ1) is 15.5. The van der Waals surface area contributed by atoms with Crippen LogP contribution in [-0.4, -0.2) is 40.4 Å². The average Bonchev–Trinajstić information content (AvgIpc) is 2.74. The molecular formula is C15H22N2O4. The molecule has 0 aromatic rings. The molecule has 2 aliphatic rings. The van der Waals surface area contributed by atoms with Gasteiger partial charge in [0.2, 0.25) is 5.91 Å². The van der Waals surface area contributed by atoms with Crippen molar-refractivity contribution in [1.82, 2.24) is 10.2 Å². The maximum absolute atomic E-state index is 12.5. The van der Waals surface area contributed by atoms with E-state index >= 15 is 0 Å². The Kier molecular flexibility index (Phi) is 4.07. The number of esters is 1. The van der Waals surface area contributed by atoms with Crippen molar-refractivity contribution in [2.24, 2.45) is 0 Å². The normalized spacial score (nSPS) is 25.2. The molecule has 2 heterocycles. The summed E-state index contributed by atoms with van der Waals surface area (Å²) in [5.41, 5.74) is -0.321. The van der Waals surface area contributed by atoms with Gasteiger partial charge in [-0.1, -0.05) is 6.08 Å². The van der Waals surface area contributed by atoms with Gasteiger partial charge in [-0.25, -0.2) is 4.79 Å². The molecule has 0 saturated carbocycles. The molecule has 6 heteroatoms. The quantitative estimate of drug-likeness (QED) is 0.774. The first-order chi connectivity index (χ1) is 9.69. The fourth-order valence-electron chi connectivity index (χ4n) is 2.80. The monoisotopic (exact) mass is 294 g/mol. The first-order valence-corrected chi connectivity index (χ1v) is 7.22. The van der Waals surface area contributed by atoms with Crippen LogP contribution in [0.1, 0.15) is 47.0 Å². The summed E-state index contributed by atoms with van der Waals surface area (Å²) < 4.78 is 5.40. The molecule has 0 unspecified atom stereocenters. The molecule has 0 spiro atoms. The van der Waals surface area contributed by atoms with Crippen LogP contribution in [0.25, 0.3) is 0 Å². The van der Waals surface area contributed by atoms with E-state index in [4.69, 9.17) is 4.74 Å². The Balaban J connectivity index is 2.15. The number of rotatable bonds is 2.